The van der Waals surface area contributed by atoms with Gasteiger partial charge < -0.3 is 9.84 Å². The molecule has 7 nitrogen and oxygen atoms in total. The molecule has 19 heavy (non-hydrogen) atoms. The summed E-state index contributed by atoms with van der Waals surface area (Å²) >= 11 is 0. The first-order valence-corrected chi connectivity index (χ1v) is 6.34. The molecule has 0 radical (unpaired) electrons. The summed E-state index contributed by atoms with van der Waals surface area (Å²) in [6.45, 7) is 2.62. The Kier molecular flexibility index (Phi) is 9.64. The van der Waals surface area contributed by atoms with Crippen LogP contribution in [0, 0.1) is 0 Å². The van der Waals surface area contributed by atoms with Gasteiger partial charge in [0.05, 0.1) is 6.61 Å². The highest BCUT2D eigenvalue weighted by Gasteiger charge is 2.26. The fourth-order valence-corrected chi connectivity index (χ4v) is 1.19. The highest BCUT2D eigenvalue weighted by molar-refractivity contribution is 6.00. The number of unbranched alkanes of at least 4 members (excludes halogenated alkanes) is 1. The molecule has 1 aliphatic rings. The number of aliphatic hydroxyl groups excluding tert-OH is 1. The molecular formula is C12H21NO6. The van der Waals surface area contributed by atoms with Gasteiger partial charge >= 0.3 is 5.97 Å². The Balaban J connectivity index is 0.000000356. The lowest BCUT2D eigenvalue weighted by molar-refractivity contribution is -0.171. The van der Waals surface area contributed by atoms with E-state index in [1.165, 1.54) is 0 Å². The Bertz CT molecular complexity index is 289. The Morgan fingerprint density at radius 3 is 2.21 bits per heavy atom. The monoisotopic (exact) mass is 275 g/mol. The van der Waals surface area contributed by atoms with Gasteiger partial charge in [0.2, 0.25) is 0 Å². The van der Waals surface area contributed by atoms with Crippen LogP contribution in [0.25, 0.3) is 0 Å². The van der Waals surface area contributed by atoms with Gasteiger partial charge in [0.25, 0.3) is 11.8 Å². The van der Waals surface area contributed by atoms with Crippen LogP contribution in [0.2, 0.25) is 0 Å². The molecule has 2 N–H and O–H groups in total. The third-order valence-corrected chi connectivity index (χ3v) is 2.33. The Morgan fingerprint density at radius 1 is 1.26 bits per heavy atom. The van der Waals surface area contributed by atoms with E-state index in [0.717, 1.165) is 12.8 Å². The molecule has 1 heterocycles. The Labute approximate surface area is 112 Å². The van der Waals surface area contributed by atoms with Gasteiger partial charge in [-0.05, 0) is 12.8 Å². The standard InChI is InChI=1S/C8H16O3.C4H5NO3/c1-2-3-7-11-8(10)5-4-6-9;6-3-1-2-4(7)5(3)8/h9H,2-7H2,1H3;8H,1-2H2. The van der Waals surface area contributed by atoms with Gasteiger partial charge in [-0.3, -0.25) is 19.6 Å². The fraction of sp³-hybridized carbons (Fsp3) is 0.750. The van der Waals surface area contributed by atoms with E-state index in [9.17, 15) is 14.4 Å². The molecule has 0 unspecified atom stereocenters. The Morgan fingerprint density at radius 2 is 1.84 bits per heavy atom. The van der Waals surface area contributed by atoms with E-state index in [4.69, 9.17) is 15.1 Å². The topological polar surface area (TPSA) is 104 Å². The zero-order chi connectivity index (χ0) is 14.7. The molecule has 0 aromatic carbocycles. The quantitative estimate of drug-likeness (QED) is 0.319. The van der Waals surface area contributed by atoms with Gasteiger partial charge in [-0.25, -0.2) is 0 Å². The van der Waals surface area contributed by atoms with Crippen LogP contribution < -0.4 is 0 Å². The number of aliphatic hydroxyl groups is 1. The van der Waals surface area contributed by atoms with Crippen LogP contribution in [0.15, 0.2) is 0 Å². The second-order valence-corrected chi connectivity index (χ2v) is 4.00. The minimum Gasteiger partial charge on any atom is -0.466 e. The van der Waals surface area contributed by atoms with Gasteiger partial charge in [0.1, 0.15) is 0 Å². The minimum absolute atomic E-state index is 0.0584. The lowest BCUT2D eigenvalue weighted by Crippen LogP contribution is -2.24. The molecule has 0 spiro atoms. The van der Waals surface area contributed by atoms with E-state index in [0.29, 0.717) is 19.4 Å². The first-order valence-electron chi connectivity index (χ1n) is 6.34. The molecular weight excluding hydrogens is 254 g/mol. The van der Waals surface area contributed by atoms with Gasteiger partial charge in [0.15, 0.2) is 0 Å². The zero-order valence-corrected chi connectivity index (χ0v) is 11.1. The lowest BCUT2D eigenvalue weighted by atomic mass is 10.3. The third kappa shape index (κ3) is 8.28. The summed E-state index contributed by atoms with van der Waals surface area (Å²) in [5.41, 5.74) is 0. The smallest absolute Gasteiger partial charge is 0.305 e. The number of amides is 2. The van der Waals surface area contributed by atoms with Crippen molar-refractivity contribution in [3.05, 3.63) is 0 Å². The normalized spacial score (nSPS) is 14.2. The highest BCUT2D eigenvalue weighted by atomic mass is 16.5. The first-order chi connectivity index (χ1) is 9.02. The number of hydrogen-bond donors (Lipinski definition) is 2. The molecule has 7 heteroatoms. The molecule has 1 aliphatic heterocycles. The predicted molar refractivity (Wildman–Crippen MR) is 65.1 cm³/mol. The van der Waals surface area contributed by atoms with Crippen molar-refractivity contribution < 1.29 is 29.4 Å². The van der Waals surface area contributed by atoms with E-state index in [1.54, 1.807) is 0 Å². The SMILES string of the molecule is CCCCOC(=O)CCCO.O=C1CCC(=O)N1O. The van der Waals surface area contributed by atoms with Crippen molar-refractivity contribution in [2.75, 3.05) is 13.2 Å². The molecule has 110 valence electrons. The number of carbonyl (C=O) groups is 3. The van der Waals surface area contributed by atoms with E-state index in [1.807, 2.05) is 6.92 Å². The van der Waals surface area contributed by atoms with Crippen LogP contribution >= 0.6 is 0 Å². The summed E-state index contributed by atoms with van der Waals surface area (Å²) in [4.78, 5) is 31.2. The summed E-state index contributed by atoms with van der Waals surface area (Å²) in [6.07, 6.45) is 3.09. The molecule has 0 aromatic heterocycles. The molecule has 2 amide bonds. The van der Waals surface area contributed by atoms with Gasteiger partial charge in [-0.1, -0.05) is 13.3 Å². The summed E-state index contributed by atoms with van der Waals surface area (Å²) in [5.74, 6) is -1.21. The molecule has 0 aliphatic carbocycles. The van der Waals surface area contributed by atoms with Crippen molar-refractivity contribution in [1.29, 1.82) is 0 Å². The number of hydrogen-bond acceptors (Lipinski definition) is 6. The fourth-order valence-electron chi connectivity index (χ4n) is 1.19. The summed E-state index contributed by atoms with van der Waals surface area (Å²) in [6, 6.07) is 0. The van der Waals surface area contributed by atoms with Gasteiger partial charge in [0, 0.05) is 25.9 Å². The number of esters is 1. The van der Waals surface area contributed by atoms with E-state index >= 15 is 0 Å². The van der Waals surface area contributed by atoms with E-state index < -0.39 is 11.8 Å². The van der Waals surface area contributed by atoms with Gasteiger partial charge in [-0.2, -0.15) is 5.06 Å². The molecule has 1 saturated heterocycles. The second kappa shape index (κ2) is 10.5. The van der Waals surface area contributed by atoms with Crippen molar-refractivity contribution in [2.24, 2.45) is 0 Å². The zero-order valence-electron chi connectivity index (χ0n) is 11.1. The second-order valence-electron chi connectivity index (χ2n) is 4.00. The number of imide groups is 1. The van der Waals surface area contributed by atoms with Crippen molar-refractivity contribution in [3.8, 4) is 0 Å². The van der Waals surface area contributed by atoms with Crippen LogP contribution in [-0.2, 0) is 19.1 Å². The first kappa shape index (κ1) is 17.5. The maximum Gasteiger partial charge on any atom is 0.305 e. The summed E-state index contributed by atoms with van der Waals surface area (Å²) in [5, 5.41) is 16.9. The Hall–Kier alpha value is -1.47. The molecule has 0 aromatic rings. The average Bonchev–Trinajstić information content (AvgIpc) is 2.69. The third-order valence-electron chi connectivity index (χ3n) is 2.33. The highest BCUT2D eigenvalue weighted by Crippen LogP contribution is 2.07. The van der Waals surface area contributed by atoms with Crippen molar-refractivity contribution in [1.82, 2.24) is 5.06 Å². The van der Waals surface area contributed by atoms with Crippen LogP contribution in [0.5, 0.6) is 0 Å². The van der Waals surface area contributed by atoms with Gasteiger partial charge in [-0.15, -0.1) is 0 Å². The minimum atomic E-state index is -0.505. The molecule has 0 saturated carbocycles. The lowest BCUT2D eigenvalue weighted by Gasteiger charge is -2.01. The number of rotatable bonds is 6. The van der Waals surface area contributed by atoms with Crippen LogP contribution in [0.3, 0.4) is 0 Å². The predicted octanol–water partition coefficient (Wildman–Crippen LogP) is 0.627. The molecule has 1 fully saturated rings. The maximum atomic E-state index is 10.7. The number of carbonyl (C=O) groups excluding carboxylic acids is 3. The van der Waals surface area contributed by atoms with E-state index in [-0.39, 0.29) is 30.5 Å². The van der Waals surface area contributed by atoms with Crippen LogP contribution in [0.4, 0.5) is 0 Å². The molecule has 0 atom stereocenters. The van der Waals surface area contributed by atoms with Crippen LogP contribution in [0.1, 0.15) is 45.4 Å². The summed E-state index contributed by atoms with van der Waals surface area (Å²) < 4.78 is 4.83. The maximum absolute atomic E-state index is 10.7. The van der Waals surface area contributed by atoms with Crippen LogP contribution in [-0.4, -0.2) is 46.4 Å². The van der Waals surface area contributed by atoms with Crippen molar-refractivity contribution >= 4 is 17.8 Å². The number of hydroxylamine groups is 2. The number of nitrogens with zero attached hydrogens (tertiary/aromatic N) is 1. The van der Waals surface area contributed by atoms with Crippen molar-refractivity contribution in [2.45, 2.75) is 45.4 Å². The van der Waals surface area contributed by atoms with E-state index in [2.05, 4.69) is 0 Å². The molecule has 1 rings (SSSR count). The average molecular weight is 275 g/mol. The number of ether oxygens (including phenoxy) is 1. The molecule has 0 bridgehead atoms. The summed E-state index contributed by atoms with van der Waals surface area (Å²) in [7, 11) is 0. The largest absolute Gasteiger partial charge is 0.466 e. The van der Waals surface area contributed by atoms with Crippen molar-refractivity contribution in [3.63, 3.8) is 0 Å².